The van der Waals surface area contributed by atoms with Crippen molar-refractivity contribution >= 4 is 27.5 Å². The number of aryl methyl sites for hydroxylation is 1. The summed E-state index contributed by atoms with van der Waals surface area (Å²) in [6, 6.07) is 13.4. The van der Waals surface area contributed by atoms with E-state index in [1.54, 1.807) is 33.7 Å². The summed E-state index contributed by atoms with van der Waals surface area (Å²) in [5, 5.41) is 0.510. The van der Waals surface area contributed by atoms with Crippen LogP contribution >= 0.6 is 11.3 Å². The van der Waals surface area contributed by atoms with E-state index in [1.807, 2.05) is 19.1 Å². The fourth-order valence-corrected chi connectivity index (χ4v) is 5.77. The number of nitrogens with zero attached hydrogens (tertiary/aromatic N) is 3. The molecule has 1 aliphatic heterocycles. The number of carbonyl (C=O) groups is 1. The summed E-state index contributed by atoms with van der Waals surface area (Å²) in [7, 11) is 0. The van der Waals surface area contributed by atoms with Gasteiger partial charge in [0.25, 0.3) is 5.56 Å². The van der Waals surface area contributed by atoms with Crippen LogP contribution < -0.4 is 11.2 Å². The number of thiophene rings is 1. The van der Waals surface area contributed by atoms with Gasteiger partial charge in [-0.3, -0.25) is 14.2 Å². The number of aromatic nitrogens is 2. The minimum atomic E-state index is -0.468. The molecule has 2 aromatic heterocycles. The van der Waals surface area contributed by atoms with Crippen molar-refractivity contribution in [1.82, 2.24) is 14.0 Å². The van der Waals surface area contributed by atoms with Crippen LogP contribution in [0.3, 0.4) is 0 Å². The molecule has 0 saturated heterocycles. The molecule has 0 bridgehead atoms. The Labute approximate surface area is 193 Å². The maximum Gasteiger partial charge on any atom is 0.337 e. The van der Waals surface area contributed by atoms with Gasteiger partial charge in [0.2, 0.25) is 5.91 Å². The molecule has 2 aromatic carbocycles. The first-order valence-electron chi connectivity index (χ1n) is 10.7. The van der Waals surface area contributed by atoms with Gasteiger partial charge in [0.15, 0.2) is 0 Å². The van der Waals surface area contributed by atoms with Crippen LogP contribution in [0, 0.1) is 12.7 Å². The topological polar surface area (TPSA) is 64.3 Å². The van der Waals surface area contributed by atoms with Crippen molar-refractivity contribution in [2.24, 2.45) is 0 Å². The number of rotatable bonds is 3. The second-order valence-electron chi connectivity index (χ2n) is 8.35. The highest BCUT2D eigenvalue weighted by Gasteiger charge is 2.27. The normalized spacial score (nSPS) is 13.4. The van der Waals surface area contributed by atoms with E-state index in [1.165, 1.54) is 35.0 Å². The maximum atomic E-state index is 13.9. The molecule has 0 unspecified atom stereocenters. The molecule has 6 nitrogen and oxygen atoms in total. The van der Waals surface area contributed by atoms with Crippen LogP contribution in [0.15, 0.2) is 58.1 Å². The summed E-state index contributed by atoms with van der Waals surface area (Å²) in [6.07, 6.45) is 0.552. The van der Waals surface area contributed by atoms with Crippen molar-refractivity contribution in [3.05, 3.63) is 96.8 Å². The molecular formula is C25H22FN3O3S. The van der Waals surface area contributed by atoms with Crippen molar-refractivity contribution in [2.45, 2.75) is 33.4 Å². The number of hydrogen-bond donors (Lipinski definition) is 0. The van der Waals surface area contributed by atoms with Crippen LogP contribution in [0.4, 0.5) is 4.39 Å². The van der Waals surface area contributed by atoms with Gasteiger partial charge in [0.05, 0.1) is 24.2 Å². The van der Waals surface area contributed by atoms with Crippen LogP contribution in [0.25, 0.3) is 15.9 Å². The van der Waals surface area contributed by atoms with Gasteiger partial charge >= 0.3 is 5.69 Å². The largest absolute Gasteiger partial charge is 0.337 e. The third-order valence-corrected chi connectivity index (χ3v) is 7.30. The Morgan fingerprint density at radius 3 is 2.64 bits per heavy atom. The van der Waals surface area contributed by atoms with Crippen LogP contribution in [0.5, 0.6) is 0 Å². The first-order chi connectivity index (χ1) is 15.8. The maximum absolute atomic E-state index is 13.9. The smallest absolute Gasteiger partial charge is 0.337 e. The number of halogens is 1. The minimum absolute atomic E-state index is 0.0209. The zero-order valence-corrected chi connectivity index (χ0v) is 19.1. The number of benzene rings is 2. The third kappa shape index (κ3) is 3.70. The summed E-state index contributed by atoms with van der Waals surface area (Å²) < 4.78 is 16.6. The lowest BCUT2D eigenvalue weighted by atomic mass is 10.1. The van der Waals surface area contributed by atoms with Crippen LogP contribution in [0.2, 0.25) is 0 Å². The molecule has 1 aliphatic rings. The highest BCUT2D eigenvalue weighted by Crippen LogP contribution is 2.33. The fraction of sp³-hybridized carbons (Fsp3) is 0.240. The average molecular weight is 464 g/mol. The lowest BCUT2D eigenvalue weighted by Gasteiger charge is -2.25. The molecule has 0 saturated carbocycles. The van der Waals surface area contributed by atoms with Gasteiger partial charge in [-0.1, -0.05) is 24.3 Å². The summed E-state index contributed by atoms with van der Waals surface area (Å²) >= 11 is 1.37. The van der Waals surface area contributed by atoms with Gasteiger partial charge in [0.1, 0.15) is 10.6 Å². The standard InChI is InChI=1S/C25H22FN3O3S/c1-15-5-3-8-19(11-15)29-23(31)22-20-9-10-27(16(2)30)14-21(20)33-24(22)28(25(29)32)13-17-6-4-7-18(26)12-17/h3-8,11-12H,9-10,13-14H2,1-2H3. The predicted molar refractivity (Wildman–Crippen MR) is 127 cm³/mol. The van der Waals surface area contributed by atoms with Crippen LogP contribution in [0.1, 0.15) is 28.5 Å². The van der Waals surface area contributed by atoms with Gasteiger partial charge in [-0.05, 0) is 54.3 Å². The lowest BCUT2D eigenvalue weighted by Crippen LogP contribution is -2.39. The van der Waals surface area contributed by atoms with E-state index in [4.69, 9.17) is 0 Å². The second-order valence-corrected chi connectivity index (χ2v) is 9.44. The Bertz CT molecular complexity index is 1530. The molecule has 5 rings (SSSR count). The first kappa shape index (κ1) is 21.3. The predicted octanol–water partition coefficient (Wildman–Crippen LogP) is 3.61. The molecule has 0 N–H and O–H groups in total. The summed E-state index contributed by atoms with van der Waals surface area (Å²) in [6.45, 7) is 4.52. The van der Waals surface area contributed by atoms with Gasteiger partial charge in [-0.2, -0.15) is 0 Å². The third-order valence-electron chi connectivity index (χ3n) is 6.06. The first-order valence-corrected chi connectivity index (χ1v) is 11.5. The monoisotopic (exact) mass is 463 g/mol. The molecule has 8 heteroatoms. The van der Waals surface area contributed by atoms with E-state index in [-0.39, 0.29) is 23.8 Å². The molecule has 33 heavy (non-hydrogen) atoms. The van der Waals surface area contributed by atoms with E-state index in [0.29, 0.717) is 41.0 Å². The molecule has 0 spiro atoms. The molecule has 4 aromatic rings. The Morgan fingerprint density at radius 2 is 1.91 bits per heavy atom. The van der Waals surface area contributed by atoms with Crippen molar-refractivity contribution < 1.29 is 9.18 Å². The second kappa shape index (κ2) is 8.12. The molecule has 0 aliphatic carbocycles. The highest BCUT2D eigenvalue weighted by atomic mass is 32.1. The Hall–Kier alpha value is -3.52. The molecule has 0 radical (unpaired) electrons. The zero-order valence-electron chi connectivity index (χ0n) is 18.3. The lowest BCUT2D eigenvalue weighted by molar-refractivity contribution is -0.129. The molecular weight excluding hydrogens is 441 g/mol. The highest BCUT2D eigenvalue weighted by molar-refractivity contribution is 7.18. The van der Waals surface area contributed by atoms with Gasteiger partial charge < -0.3 is 4.90 Å². The number of amides is 1. The molecule has 168 valence electrons. The molecule has 3 heterocycles. The van der Waals surface area contributed by atoms with Crippen molar-refractivity contribution in [3.63, 3.8) is 0 Å². The van der Waals surface area contributed by atoms with Gasteiger partial charge in [-0.25, -0.2) is 13.8 Å². The van der Waals surface area contributed by atoms with E-state index in [0.717, 1.165) is 16.0 Å². The van der Waals surface area contributed by atoms with E-state index in [2.05, 4.69) is 0 Å². The summed E-state index contributed by atoms with van der Waals surface area (Å²) in [4.78, 5) is 42.5. The van der Waals surface area contributed by atoms with Crippen molar-refractivity contribution in [1.29, 1.82) is 0 Å². The number of hydrogen-bond acceptors (Lipinski definition) is 4. The molecule has 0 fully saturated rings. The average Bonchev–Trinajstić information content (AvgIpc) is 3.16. The molecule has 1 amide bonds. The van der Waals surface area contributed by atoms with Crippen LogP contribution in [-0.2, 0) is 24.3 Å². The van der Waals surface area contributed by atoms with E-state index >= 15 is 0 Å². The van der Waals surface area contributed by atoms with E-state index < -0.39 is 5.69 Å². The number of fused-ring (bicyclic) bond motifs is 3. The van der Waals surface area contributed by atoms with Gasteiger partial charge in [-0.15, -0.1) is 11.3 Å². The Balaban J connectivity index is 1.81. The quantitative estimate of drug-likeness (QED) is 0.466. The Morgan fingerprint density at radius 1 is 1.12 bits per heavy atom. The Kier molecular flexibility index (Phi) is 5.25. The van der Waals surface area contributed by atoms with Gasteiger partial charge in [0, 0.05) is 18.3 Å². The van der Waals surface area contributed by atoms with Crippen molar-refractivity contribution in [3.8, 4) is 5.69 Å². The van der Waals surface area contributed by atoms with E-state index in [9.17, 15) is 18.8 Å². The van der Waals surface area contributed by atoms with Crippen molar-refractivity contribution in [2.75, 3.05) is 6.54 Å². The molecule has 0 atom stereocenters. The van der Waals surface area contributed by atoms with Crippen LogP contribution in [-0.4, -0.2) is 26.5 Å². The fourth-order valence-electron chi connectivity index (χ4n) is 4.43. The summed E-state index contributed by atoms with van der Waals surface area (Å²) in [5.74, 6) is -0.404. The minimum Gasteiger partial charge on any atom is -0.337 e. The zero-order chi connectivity index (χ0) is 23.3. The SMILES string of the molecule is CC(=O)N1CCc2c(sc3c2c(=O)n(-c2cccc(C)c2)c(=O)n3Cc2cccc(F)c2)C1. The summed E-state index contributed by atoms with van der Waals surface area (Å²) in [5.41, 5.74) is 2.13. The number of carbonyl (C=O) groups excluding carboxylic acids is 1.